The van der Waals surface area contributed by atoms with Crippen LogP contribution in [0.15, 0.2) is 6.07 Å². The normalized spacial score (nSPS) is 19.2. The van der Waals surface area contributed by atoms with Crippen LogP contribution in [0.5, 0.6) is 0 Å². The summed E-state index contributed by atoms with van der Waals surface area (Å²) in [4.78, 5) is 0. The molecule has 17 heavy (non-hydrogen) atoms. The van der Waals surface area contributed by atoms with E-state index in [0.29, 0.717) is 0 Å². The van der Waals surface area contributed by atoms with Gasteiger partial charge in [-0.05, 0) is 12.8 Å². The Morgan fingerprint density at radius 2 is 1.76 bits per heavy atom. The van der Waals surface area contributed by atoms with Gasteiger partial charge >= 0.3 is 6.18 Å². The van der Waals surface area contributed by atoms with Gasteiger partial charge in [0.25, 0.3) is 0 Å². The fourth-order valence-electron chi connectivity index (χ4n) is 2.34. The zero-order valence-electron chi connectivity index (χ0n) is 9.39. The topological polar surface area (TPSA) is 20.7 Å². The van der Waals surface area contributed by atoms with Crippen molar-refractivity contribution in [3.05, 3.63) is 16.4 Å². The highest BCUT2D eigenvalue weighted by atomic mass is 32.1. The van der Waals surface area contributed by atoms with Crippen molar-refractivity contribution in [1.29, 1.82) is 0 Å². The van der Waals surface area contributed by atoms with Crippen molar-refractivity contribution in [2.75, 3.05) is 0 Å². The van der Waals surface area contributed by atoms with E-state index in [0.717, 1.165) is 44.6 Å². The van der Waals surface area contributed by atoms with Crippen molar-refractivity contribution in [2.45, 2.75) is 50.7 Å². The van der Waals surface area contributed by atoms with E-state index in [2.05, 4.69) is 5.10 Å². The summed E-state index contributed by atoms with van der Waals surface area (Å²) in [6.45, 7) is 0. The Balaban J connectivity index is 2.26. The van der Waals surface area contributed by atoms with Gasteiger partial charge in [0.05, 0.1) is 6.04 Å². The summed E-state index contributed by atoms with van der Waals surface area (Å²) >= 11 is 5.00. The number of hydrogen-bond acceptors (Lipinski definition) is 1. The number of nitrogens with one attached hydrogen (secondary N) is 1. The number of hydrogen-bond donors (Lipinski definition) is 1. The predicted molar refractivity (Wildman–Crippen MR) is 61.4 cm³/mol. The molecule has 0 bridgehead atoms. The Morgan fingerprint density at radius 1 is 1.18 bits per heavy atom. The molecule has 1 saturated carbocycles. The van der Waals surface area contributed by atoms with Crippen molar-refractivity contribution in [2.24, 2.45) is 0 Å². The monoisotopic (exact) mass is 264 g/mol. The van der Waals surface area contributed by atoms with Gasteiger partial charge in [-0.3, -0.25) is 9.78 Å². The molecule has 96 valence electrons. The van der Waals surface area contributed by atoms with Gasteiger partial charge < -0.3 is 0 Å². The first-order chi connectivity index (χ1) is 7.98. The van der Waals surface area contributed by atoms with Gasteiger partial charge in [0, 0.05) is 6.07 Å². The maximum absolute atomic E-state index is 12.5. The summed E-state index contributed by atoms with van der Waals surface area (Å²) in [5.41, 5.74) is -0.744. The molecule has 0 unspecified atom stereocenters. The third-order valence-corrected chi connectivity index (χ3v) is 3.56. The molecule has 0 amide bonds. The molecule has 6 heteroatoms. The van der Waals surface area contributed by atoms with Crippen molar-refractivity contribution < 1.29 is 13.2 Å². The number of rotatable bonds is 1. The zero-order chi connectivity index (χ0) is 12.5. The average Bonchev–Trinajstić information content (AvgIpc) is 2.50. The molecule has 1 N–H and O–H groups in total. The number of nitrogens with zero attached hydrogens (tertiary/aromatic N) is 1. The maximum Gasteiger partial charge on any atom is 0.432 e. The summed E-state index contributed by atoms with van der Waals surface area (Å²) in [5, 5.41) is 2.41. The molecule has 1 aliphatic carbocycles. The minimum atomic E-state index is -4.34. The second kappa shape index (κ2) is 4.84. The predicted octanol–water partition coefficient (Wildman–Crippen LogP) is 4.46. The number of aromatic amines is 1. The van der Waals surface area contributed by atoms with Crippen molar-refractivity contribution in [3.63, 3.8) is 0 Å². The Hall–Kier alpha value is -0.780. The van der Waals surface area contributed by atoms with Crippen molar-refractivity contribution in [3.8, 4) is 0 Å². The van der Waals surface area contributed by atoms with Gasteiger partial charge in [-0.1, -0.05) is 37.9 Å². The molecule has 0 saturated heterocycles. The van der Waals surface area contributed by atoms with Crippen LogP contribution in [0.2, 0.25) is 0 Å². The van der Waals surface area contributed by atoms with Gasteiger partial charge in [0.2, 0.25) is 0 Å². The minimum absolute atomic E-state index is 0.0982. The van der Waals surface area contributed by atoms with E-state index in [1.165, 1.54) is 4.68 Å². The first-order valence-corrected chi connectivity index (χ1v) is 6.28. The minimum Gasteiger partial charge on any atom is -0.293 e. The standard InChI is InChI=1S/C11H15F3N2S/c12-11(13,14)9-7-10(17)16(15-9)8-5-3-1-2-4-6-8/h7-8,15H,1-6H2. The first kappa shape index (κ1) is 12.7. The van der Waals surface area contributed by atoms with Crippen LogP contribution in [0.3, 0.4) is 0 Å². The van der Waals surface area contributed by atoms with Gasteiger partial charge in [-0.2, -0.15) is 13.2 Å². The Morgan fingerprint density at radius 3 is 2.24 bits per heavy atom. The SMILES string of the molecule is FC(F)(F)c1cc(=S)n(C2CCCCCC2)[nH]1. The highest BCUT2D eigenvalue weighted by Crippen LogP contribution is 2.31. The van der Waals surface area contributed by atoms with E-state index in [4.69, 9.17) is 12.2 Å². The van der Waals surface area contributed by atoms with E-state index in [1.807, 2.05) is 0 Å². The molecule has 0 radical (unpaired) electrons. The Bertz CT molecular complexity index is 425. The largest absolute Gasteiger partial charge is 0.432 e. The van der Waals surface area contributed by atoms with Crippen LogP contribution in [0.25, 0.3) is 0 Å². The van der Waals surface area contributed by atoms with E-state index in [-0.39, 0.29) is 10.7 Å². The average molecular weight is 264 g/mol. The lowest BCUT2D eigenvalue weighted by atomic mass is 10.1. The Kier molecular flexibility index (Phi) is 3.61. The third kappa shape index (κ3) is 2.91. The fourth-order valence-corrected chi connectivity index (χ4v) is 2.66. The lowest BCUT2D eigenvalue weighted by Gasteiger charge is -2.16. The summed E-state index contributed by atoms with van der Waals surface area (Å²) in [5.74, 6) is 0. The molecule has 0 aliphatic heterocycles. The van der Waals surface area contributed by atoms with Crippen LogP contribution in [0.1, 0.15) is 50.3 Å². The maximum atomic E-state index is 12.5. The molecule has 0 spiro atoms. The summed E-state index contributed by atoms with van der Waals surface area (Å²) in [6.07, 6.45) is 1.93. The van der Waals surface area contributed by atoms with Crippen LogP contribution in [0, 0.1) is 4.64 Å². The van der Waals surface area contributed by atoms with Gasteiger partial charge in [0.15, 0.2) is 0 Å². The van der Waals surface area contributed by atoms with Crippen LogP contribution >= 0.6 is 12.2 Å². The highest BCUT2D eigenvalue weighted by Gasteiger charge is 2.33. The first-order valence-electron chi connectivity index (χ1n) is 5.87. The van der Waals surface area contributed by atoms with Gasteiger partial charge in [0.1, 0.15) is 10.3 Å². The Labute approximate surface area is 103 Å². The van der Waals surface area contributed by atoms with E-state index < -0.39 is 11.9 Å². The molecule has 1 fully saturated rings. The van der Waals surface area contributed by atoms with Crippen LogP contribution < -0.4 is 0 Å². The summed E-state index contributed by atoms with van der Waals surface area (Å²) in [6, 6.07) is 1.11. The summed E-state index contributed by atoms with van der Waals surface area (Å²) < 4.78 is 39.4. The van der Waals surface area contributed by atoms with Crippen molar-refractivity contribution in [1.82, 2.24) is 9.78 Å². The summed E-state index contributed by atoms with van der Waals surface area (Å²) in [7, 11) is 0. The quantitative estimate of drug-likeness (QED) is 0.586. The lowest BCUT2D eigenvalue weighted by molar-refractivity contribution is -0.141. The molecular formula is C11H15F3N2S. The van der Waals surface area contributed by atoms with Crippen molar-refractivity contribution >= 4 is 12.2 Å². The van der Waals surface area contributed by atoms with Gasteiger partial charge in [-0.15, -0.1) is 0 Å². The second-order valence-electron chi connectivity index (χ2n) is 4.52. The third-order valence-electron chi connectivity index (χ3n) is 3.24. The molecule has 2 nitrogen and oxygen atoms in total. The smallest absolute Gasteiger partial charge is 0.293 e. The molecular weight excluding hydrogens is 249 g/mol. The zero-order valence-corrected chi connectivity index (χ0v) is 10.2. The molecule has 0 atom stereocenters. The number of halogens is 3. The van der Waals surface area contributed by atoms with E-state index in [1.54, 1.807) is 0 Å². The van der Waals surface area contributed by atoms with E-state index >= 15 is 0 Å². The number of H-pyrrole nitrogens is 1. The van der Waals surface area contributed by atoms with Crippen LogP contribution in [0.4, 0.5) is 13.2 Å². The fraction of sp³-hybridized carbons (Fsp3) is 0.727. The van der Waals surface area contributed by atoms with Gasteiger partial charge in [-0.25, -0.2) is 0 Å². The highest BCUT2D eigenvalue weighted by molar-refractivity contribution is 7.71. The van der Waals surface area contributed by atoms with Crippen LogP contribution in [-0.4, -0.2) is 9.78 Å². The number of aromatic nitrogens is 2. The molecule has 1 heterocycles. The molecule has 1 aromatic heterocycles. The molecule has 0 aromatic carbocycles. The number of alkyl halides is 3. The molecule has 2 rings (SSSR count). The second-order valence-corrected chi connectivity index (χ2v) is 4.94. The van der Waals surface area contributed by atoms with Crippen LogP contribution in [-0.2, 0) is 6.18 Å². The molecule has 1 aliphatic rings. The molecule has 1 aromatic rings. The van der Waals surface area contributed by atoms with E-state index in [9.17, 15) is 13.2 Å². The lowest BCUT2D eigenvalue weighted by Crippen LogP contribution is -2.12.